The zero-order valence-electron chi connectivity index (χ0n) is 11.1. The van der Waals surface area contributed by atoms with Gasteiger partial charge in [-0.3, -0.25) is 0 Å². The average molecular weight is 245 g/mol. The predicted octanol–water partition coefficient (Wildman–Crippen LogP) is 2.30. The maximum absolute atomic E-state index is 5.36. The first kappa shape index (κ1) is 12.6. The summed E-state index contributed by atoms with van der Waals surface area (Å²) in [6.45, 7) is 3.82. The summed E-state index contributed by atoms with van der Waals surface area (Å²) in [6, 6.07) is 6.17. The van der Waals surface area contributed by atoms with Gasteiger partial charge in [-0.1, -0.05) is 0 Å². The molecule has 1 heterocycles. The maximum Gasteiger partial charge on any atom is 0.139 e. The summed E-state index contributed by atoms with van der Waals surface area (Å²) in [5.41, 5.74) is 2.26. The number of benzene rings is 1. The van der Waals surface area contributed by atoms with Gasteiger partial charge in [0.2, 0.25) is 0 Å². The Morgan fingerprint density at radius 1 is 1.39 bits per heavy atom. The lowest BCUT2D eigenvalue weighted by molar-refractivity contribution is 0.408. The molecule has 0 fully saturated rings. The van der Waals surface area contributed by atoms with Crippen LogP contribution in [0, 0.1) is 0 Å². The molecule has 0 aliphatic heterocycles. The van der Waals surface area contributed by atoms with Crippen LogP contribution in [0.1, 0.15) is 12.5 Å². The molecule has 1 aromatic carbocycles. The molecule has 1 aromatic heterocycles. The first-order chi connectivity index (χ1) is 8.80. The van der Waals surface area contributed by atoms with Crippen LogP contribution in [-0.2, 0) is 13.1 Å². The number of aryl methyl sites for hydroxylation is 1. The van der Waals surface area contributed by atoms with Crippen molar-refractivity contribution in [3.8, 4) is 17.1 Å². The van der Waals surface area contributed by atoms with Crippen molar-refractivity contribution in [3.63, 3.8) is 0 Å². The van der Waals surface area contributed by atoms with E-state index in [2.05, 4.69) is 27.9 Å². The van der Waals surface area contributed by atoms with Gasteiger partial charge in [0.15, 0.2) is 0 Å². The summed E-state index contributed by atoms with van der Waals surface area (Å²) in [7, 11) is 3.63. The Bertz CT molecular complexity index is 520. The third kappa shape index (κ3) is 2.38. The Hall–Kier alpha value is -1.81. The van der Waals surface area contributed by atoms with Gasteiger partial charge in [-0.05, 0) is 32.2 Å². The predicted molar refractivity (Wildman–Crippen MR) is 72.7 cm³/mol. The highest BCUT2D eigenvalue weighted by molar-refractivity contribution is 5.59. The molecule has 0 saturated heterocycles. The van der Waals surface area contributed by atoms with E-state index in [1.165, 1.54) is 0 Å². The van der Waals surface area contributed by atoms with Gasteiger partial charge in [-0.15, -0.1) is 0 Å². The van der Waals surface area contributed by atoms with E-state index in [4.69, 9.17) is 4.74 Å². The van der Waals surface area contributed by atoms with Crippen molar-refractivity contribution in [2.24, 2.45) is 0 Å². The maximum atomic E-state index is 5.36. The van der Waals surface area contributed by atoms with Crippen molar-refractivity contribution >= 4 is 0 Å². The number of imidazole rings is 1. The summed E-state index contributed by atoms with van der Waals surface area (Å²) >= 11 is 0. The van der Waals surface area contributed by atoms with Gasteiger partial charge in [0.25, 0.3) is 0 Å². The molecule has 0 spiro atoms. The van der Waals surface area contributed by atoms with Crippen LogP contribution in [0.2, 0.25) is 0 Å². The number of rotatable bonds is 5. The van der Waals surface area contributed by atoms with Gasteiger partial charge in [0.1, 0.15) is 11.6 Å². The second kappa shape index (κ2) is 5.69. The van der Waals surface area contributed by atoms with Gasteiger partial charge in [0, 0.05) is 36.6 Å². The minimum absolute atomic E-state index is 0.782. The second-order valence-electron chi connectivity index (χ2n) is 4.09. The molecular weight excluding hydrogens is 226 g/mol. The first-order valence-electron chi connectivity index (χ1n) is 6.13. The van der Waals surface area contributed by atoms with Crippen LogP contribution < -0.4 is 10.1 Å². The molecule has 2 aromatic rings. The van der Waals surface area contributed by atoms with Gasteiger partial charge in [0.05, 0.1) is 7.11 Å². The van der Waals surface area contributed by atoms with E-state index in [-0.39, 0.29) is 0 Å². The molecule has 4 heteroatoms. The van der Waals surface area contributed by atoms with Gasteiger partial charge < -0.3 is 14.6 Å². The van der Waals surface area contributed by atoms with Gasteiger partial charge in [-0.2, -0.15) is 0 Å². The lowest BCUT2D eigenvalue weighted by Crippen LogP contribution is -2.07. The molecule has 1 N–H and O–H groups in total. The number of hydrogen-bond acceptors (Lipinski definition) is 3. The first-order valence-corrected chi connectivity index (χ1v) is 6.13. The summed E-state index contributed by atoms with van der Waals surface area (Å²) < 4.78 is 7.49. The highest BCUT2D eigenvalue weighted by Crippen LogP contribution is 2.25. The Morgan fingerprint density at radius 3 is 2.89 bits per heavy atom. The normalized spacial score (nSPS) is 10.6. The number of nitrogens with zero attached hydrogens (tertiary/aromatic N) is 2. The lowest BCUT2D eigenvalue weighted by Gasteiger charge is -2.11. The van der Waals surface area contributed by atoms with Crippen LogP contribution in [0.4, 0.5) is 0 Å². The van der Waals surface area contributed by atoms with E-state index < -0.39 is 0 Å². The average Bonchev–Trinajstić information content (AvgIpc) is 2.87. The third-order valence-corrected chi connectivity index (χ3v) is 2.96. The molecule has 4 nitrogen and oxygen atoms in total. The van der Waals surface area contributed by atoms with Crippen molar-refractivity contribution < 1.29 is 4.74 Å². The van der Waals surface area contributed by atoms with Crippen molar-refractivity contribution in [3.05, 3.63) is 36.2 Å². The van der Waals surface area contributed by atoms with Crippen molar-refractivity contribution in [1.82, 2.24) is 14.9 Å². The molecule has 0 aliphatic carbocycles. The van der Waals surface area contributed by atoms with Crippen LogP contribution in [-0.4, -0.2) is 23.7 Å². The highest BCUT2D eigenvalue weighted by atomic mass is 16.5. The fourth-order valence-electron chi connectivity index (χ4n) is 2.07. The van der Waals surface area contributed by atoms with Crippen molar-refractivity contribution in [2.75, 3.05) is 14.2 Å². The Kier molecular flexibility index (Phi) is 3.99. The number of methoxy groups -OCH3 is 1. The van der Waals surface area contributed by atoms with Crippen LogP contribution in [0.25, 0.3) is 11.4 Å². The molecule has 0 radical (unpaired) electrons. The molecule has 0 unspecified atom stereocenters. The van der Waals surface area contributed by atoms with Crippen molar-refractivity contribution in [1.29, 1.82) is 0 Å². The minimum Gasteiger partial charge on any atom is -0.496 e. The van der Waals surface area contributed by atoms with Crippen LogP contribution in [0.5, 0.6) is 5.75 Å². The van der Waals surface area contributed by atoms with Crippen LogP contribution >= 0.6 is 0 Å². The topological polar surface area (TPSA) is 39.1 Å². The Labute approximate surface area is 108 Å². The molecule has 0 aliphatic rings. The van der Waals surface area contributed by atoms with E-state index in [1.54, 1.807) is 7.11 Å². The van der Waals surface area contributed by atoms with E-state index >= 15 is 0 Å². The molecule has 0 atom stereocenters. The minimum atomic E-state index is 0.782. The standard InChI is InChI=1S/C14H19N3O/c1-4-17-8-7-16-14(17)11-5-6-13(18-3)12(9-11)10-15-2/h5-9,15H,4,10H2,1-3H3. The molecule has 0 bridgehead atoms. The number of aromatic nitrogens is 2. The van der Waals surface area contributed by atoms with Crippen LogP contribution in [0.15, 0.2) is 30.6 Å². The van der Waals surface area contributed by atoms with E-state index in [0.717, 1.165) is 35.8 Å². The van der Waals surface area contributed by atoms with Crippen LogP contribution in [0.3, 0.4) is 0 Å². The monoisotopic (exact) mass is 245 g/mol. The molecule has 96 valence electrons. The summed E-state index contributed by atoms with van der Waals surface area (Å²) in [4.78, 5) is 4.42. The fraction of sp³-hybridized carbons (Fsp3) is 0.357. The quantitative estimate of drug-likeness (QED) is 0.878. The number of nitrogens with one attached hydrogen (secondary N) is 1. The Balaban J connectivity index is 2.43. The van der Waals surface area contributed by atoms with E-state index in [1.807, 2.05) is 31.6 Å². The Morgan fingerprint density at radius 2 is 2.22 bits per heavy atom. The fourth-order valence-corrected chi connectivity index (χ4v) is 2.07. The van der Waals surface area contributed by atoms with E-state index in [0.29, 0.717) is 0 Å². The second-order valence-corrected chi connectivity index (χ2v) is 4.09. The summed E-state index contributed by atoms with van der Waals surface area (Å²) in [6.07, 6.45) is 3.83. The molecule has 2 rings (SSSR count). The largest absolute Gasteiger partial charge is 0.496 e. The van der Waals surface area contributed by atoms with Gasteiger partial charge in [-0.25, -0.2) is 4.98 Å². The van der Waals surface area contributed by atoms with Crippen molar-refractivity contribution in [2.45, 2.75) is 20.0 Å². The summed E-state index contributed by atoms with van der Waals surface area (Å²) in [5, 5.41) is 3.15. The summed E-state index contributed by atoms with van der Waals surface area (Å²) in [5.74, 6) is 1.90. The lowest BCUT2D eigenvalue weighted by atomic mass is 10.1. The molecule has 18 heavy (non-hydrogen) atoms. The molecular formula is C14H19N3O. The number of ether oxygens (including phenoxy) is 1. The number of hydrogen-bond donors (Lipinski definition) is 1. The molecule has 0 saturated carbocycles. The van der Waals surface area contributed by atoms with E-state index in [9.17, 15) is 0 Å². The van der Waals surface area contributed by atoms with Gasteiger partial charge >= 0.3 is 0 Å². The third-order valence-electron chi connectivity index (χ3n) is 2.96. The zero-order valence-corrected chi connectivity index (χ0v) is 11.1. The highest BCUT2D eigenvalue weighted by Gasteiger charge is 2.08. The zero-order chi connectivity index (χ0) is 13.0. The molecule has 0 amide bonds. The SMILES string of the molecule is CCn1ccnc1-c1ccc(OC)c(CNC)c1. The smallest absolute Gasteiger partial charge is 0.139 e.